The normalized spacial score (nSPS) is 15.4. The number of carbonyl (C=O) groups is 1. The molecule has 0 atom stereocenters. The Kier molecular flexibility index (Phi) is 12.3. The number of hydrogen-bond acceptors (Lipinski definition) is 3. The standard InChI is InChI=1S/C23H38N4O2.HI/c1-5-27(6-2)21(28)20-11-9-19(10-12-20)17-25-22(24-3)26-18-23(15-16-29-4)13-7-8-14-23;/h9-12H,5-8,13-18H2,1-4H3,(H2,24,25,26);1H. The summed E-state index contributed by atoms with van der Waals surface area (Å²) >= 11 is 0. The fraction of sp³-hybridized carbons (Fsp3) is 0.652. The van der Waals surface area contributed by atoms with Gasteiger partial charge in [-0.25, -0.2) is 0 Å². The molecule has 6 nitrogen and oxygen atoms in total. The zero-order valence-corrected chi connectivity index (χ0v) is 21.3. The van der Waals surface area contributed by atoms with Gasteiger partial charge in [-0.1, -0.05) is 25.0 Å². The largest absolute Gasteiger partial charge is 0.385 e. The van der Waals surface area contributed by atoms with E-state index in [9.17, 15) is 4.79 Å². The fourth-order valence-electron chi connectivity index (χ4n) is 4.09. The number of methoxy groups -OCH3 is 1. The predicted molar refractivity (Wildman–Crippen MR) is 135 cm³/mol. The number of hydrogen-bond donors (Lipinski definition) is 2. The number of aliphatic imine (C=N–C) groups is 1. The molecule has 30 heavy (non-hydrogen) atoms. The van der Waals surface area contributed by atoms with Gasteiger partial charge >= 0.3 is 0 Å². The van der Waals surface area contributed by atoms with Gasteiger partial charge in [-0.3, -0.25) is 9.79 Å². The van der Waals surface area contributed by atoms with E-state index < -0.39 is 0 Å². The second-order valence-electron chi connectivity index (χ2n) is 7.90. The van der Waals surface area contributed by atoms with Gasteiger partial charge in [0.05, 0.1) is 0 Å². The van der Waals surface area contributed by atoms with Crippen molar-refractivity contribution in [3.05, 3.63) is 35.4 Å². The summed E-state index contributed by atoms with van der Waals surface area (Å²) in [5, 5.41) is 6.90. The Morgan fingerprint density at radius 3 is 2.30 bits per heavy atom. The summed E-state index contributed by atoms with van der Waals surface area (Å²) < 4.78 is 5.32. The highest BCUT2D eigenvalue weighted by Gasteiger charge is 2.33. The van der Waals surface area contributed by atoms with Crippen LogP contribution in [-0.4, -0.2) is 57.2 Å². The maximum atomic E-state index is 12.4. The van der Waals surface area contributed by atoms with Gasteiger partial charge in [0.2, 0.25) is 0 Å². The molecule has 2 rings (SSSR count). The molecule has 0 radical (unpaired) electrons. The van der Waals surface area contributed by atoms with Gasteiger partial charge < -0.3 is 20.3 Å². The average Bonchev–Trinajstić information content (AvgIpc) is 3.22. The maximum Gasteiger partial charge on any atom is 0.253 e. The summed E-state index contributed by atoms with van der Waals surface area (Å²) in [6.45, 7) is 7.87. The quantitative estimate of drug-likeness (QED) is 0.272. The number of ether oxygens (including phenoxy) is 1. The van der Waals surface area contributed by atoms with Crippen molar-refractivity contribution in [3.63, 3.8) is 0 Å². The molecule has 1 fully saturated rings. The monoisotopic (exact) mass is 530 g/mol. The van der Waals surface area contributed by atoms with Gasteiger partial charge in [0.25, 0.3) is 5.91 Å². The van der Waals surface area contributed by atoms with Crippen LogP contribution in [0.2, 0.25) is 0 Å². The molecule has 170 valence electrons. The lowest BCUT2D eigenvalue weighted by molar-refractivity contribution is 0.0773. The van der Waals surface area contributed by atoms with Gasteiger partial charge in [0.15, 0.2) is 5.96 Å². The van der Waals surface area contributed by atoms with Crippen LogP contribution in [0.25, 0.3) is 0 Å². The van der Waals surface area contributed by atoms with E-state index >= 15 is 0 Å². The van der Waals surface area contributed by atoms with E-state index in [1.807, 2.05) is 43.0 Å². The highest BCUT2D eigenvalue weighted by atomic mass is 127. The summed E-state index contributed by atoms with van der Waals surface area (Å²) in [7, 11) is 3.58. The van der Waals surface area contributed by atoms with Crippen molar-refractivity contribution in [1.82, 2.24) is 15.5 Å². The van der Waals surface area contributed by atoms with Crippen LogP contribution in [0.5, 0.6) is 0 Å². The van der Waals surface area contributed by atoms with Crippen LogP contribution in [-0.2, 0) is 11.3 Å². The Hall–Kier alpha value is -1.35. The van der Waals surface area contributed by atoms with E-state index in [0.29, 0.717) is 12.0 Å². The first-order chi connectivity index (χ1) is 14.1. The van der Waals surface area contributed by atoms with Crippen LogP contribution in [0.1, 0.15) is 61.9 Å². The lowest BCUT2D eigenvalue weighted by atomic mass is 9.83. The Bertz CT molecular complexity index is 654. The van der Waals surface area contributed by atoms with Crippen molar-refractivity contribution < 1.29 is 9.53 Å². The molecule has 0 saturated heterocycles. The maximum absolute atomic E-state index is 12.4. The third-order valence-electron chi connectivity index (χ3n) is 6.07. The molecule has 0 aliphatic heterocycles. The summed E-state index contributed by atoms with van der Waals surface area (Å²) in [6, 6.07) is 7.83. The van der Waals surface area contributed by atoms with Gasteiger partial charge in [-0.2, -0.15) is 0 Å². The van der Waals surface area contributed by atoms with Gasteiger partial charge in [-0.15, -0.1) is 24.0 Å². The summed E-state index contributed by atoms with van der Waals surface area (Å²) in [6.07, 6.45) is 6.20. The summed E-state index contributed by atoms with van der Waals surface area (Å²) in [4.78, 5) is 18.6. The third kappa shape index (κ3) is 7.72. The van der Waals surface area contributed by atoms with E-state index in [2.05, 4.69) is 15.6 Å². The number of amides is 1. The molecule has 7 heteroatoms. The minimum Gasteiger partial charge on any atom is -0.385 e. The molecule has 1 aromatic rings. The molecule has 0 spiro atoms. The number of rotatable bonds is 10. The van der Waals surface area contributed by atoms with Crippen LogP contribution < -0.4 is 10.6 Å². The fourth-order valence-corrected chi connectivity index (χ4v) is 4.09. The Labute approximate surface area is 199 Å². The summed E-state index contributed by atoms with van der Waals surface area (Å²) in [5.41, 5.74) is 2.18. The first-order valence-electron chi connectivity index (χ1n) is 10.9. The van der Waals surface area contributed by atoms with Crippen LogP contribution >= 0.6 is 24.0 Å². The second-order valence-corrected chi connectivity index (χ2v) is 7.90. The first kappa shape index (κ1) is 26.7. The molecular formula is C23H39IN4O2. The Morgan fingerprint density at radius 1 is 1.13 bits per heavy atom. The minimum atomic E-state index is 0. The number of guanidine groups is 1. The van der Waals surface area contributed by atoms with Gasteiger partial charge in [-0.05, 0) is 56.2 Å². The SMILES string of the molecule is CCN(CC)C(=O)c1ccc(CNC(=NC)NCC2(CCOC)CCCC2)cc1.I. The van der Waals surface area contributed by atoms with E-state index in [4.69, 9.17) is 4.74 Å². The zero-order chi connectivity index (χ0) is 21.1. The third-order valence-corrected chi connectivity index (χ3v) is 6.07. The highest BCUT2D eigenvalue weighted by molar-refractivity contribution is 14.0. The smallest absolute Gasteiger partial charge is 0.253 e. The lowest BCUT2D eigenvalue weighted by Gasteiger charge is -2.30. The van der Waals surface area contributed by atoms with E-state index in [0.717, 1.165) is 49.7 Å². The van der Waals surface area contributed by atoms with Crippen LogP contribution in [0, 0.1) is 5.41 Å². The highest BCUT2D eigenvalue weighted by Crippen LogP contribution is 2.40. The number of benzene rings is 1. The van der Waals surface area contributed by atoms with Crippen LogP contribution in [0.4, 0.5) is 0 Å². The van der Waals surface area contributed by atoms with Gasteiger partial charge in [0.1, 0.15) is 0 Å². The topological polar surface area (TPSA) is 66.0 Å². The average molecular weight is 530 g/mol. The number of carbonyl (C=O) groups excluding carboxylic acids is 1. The second kappa shape index (κ2) is 13.9. The van der Waals surface area contributed by atoms with Crippen molar-refractivity contribution in [1.29, 1.82) is 0 Å². The molecule has 1 aliphatic carbocycles. The lowest BCUT2D eigenvalue weighted by Crippen LogP contribution is -2.43. The molecule has 1 aliphatic rings. The number of nitrogens with zero attached hydrogens (tertiary/aromatic N) is 2. The molecular weight excluding hydrogens is 491 g/mol. The van der Waals surface area contributed by atoms with Crippen molar-refractivity contribution >= 4 is 35.8 Å². The Balaban J connectivity index is 0.00000450. The molecule has 2 N–H and O–H groups in total. The van der Waals surface area contributed by atoms with Crippen LogP contribution in [0.15, 0.2) is 29.3 Å². The molecule has 1 amide bonds. The molecule has 0 unspecified atom stereocenters. The molecule has 0 aromatic heterocycles. The minimum absolute atomic E-state index is 0. The Morgan fingerprint density at radius 2 is 1.77 bits per heavy atom. The first-order valence-corrected chi connectivity index (χ1v) is 10.9. The predicted octanol–water partition coefficient (Wildman–Crippen LogP) is 4.05. The van der Waals surface area contributed by atoms with Crippen molar-refractivity contribution in [2.45, 2.75) is 52.5 Å². The van der Waals surface area contributed by atoms with Crippen LogP contribution in [0.3, 0.4) is 0 Å². The molecule has 1 aromatic carbocycles. The molecule has 0 heterocycles. The summed E-state index contributed by atoms with van der Waals surface area (Å²) in [5.74, 6) is 0.905. The van der Waals surface area contributed by atoms with Crippen molar-refractivity contribution in [2.75, 3.05) is 40.4 Å². The van der Waals surface area contributed by atoms with E-state index in [1.54, 1.807) is 14.2 Å². The zero-order valence-electron chi connectivity index (χ0n) is 19.0. The number of halogens is 1. The van der Waals surface area contributed by atoms with Crippen molar-refractivity contribution in [2.24, 2.45) is 10.4 Å². The van der Waals surface area contributed by atoms with Crippen molar-refractivity contribution in [3.8, 4) is 0 Å². The van der Waals surface area contributed by atoms with E-state index in [-0.39, 0.29) is 29.9 Å². The van der Waals surface area contributed by atoms with Gasteiger partial charge in [0, 0.05) is 52.5 Å². The molecule has 1 saturated carbocycles. The number of nitrogens with one attached hydrogen (secondary N) is 2. The van der Waals surface area contributed by atoms with E-state index in [1.165, 1.54) is 25.7 Å². The molecule has 0 bridgehead atoms.